The largest absolute Gasteiger partial charge is 0.329 e. The molecular formula is C19H32N2. The molecule has 1 aliphatic rings. The van der Waals surface area contributed by atoms with Crippen molar-refractivity contribution in [1.29, 1.82) is 0 Å². The summed E-state index contributed by atoms with van der Waals surface area (Å²) in [5.41, 5.74) is 8.92. The van der Waals surface area contributed by atoms with Crippen LogP contribution < -0.4 is 5.73 Å². The molecule has 1 aliphatic heterocycles. The Morgan fingerprint density at radius 3 is 2.19 bits per heavy atom. The molecule has 1 aromatic carbocycles. The van der Waals surface area contributed by atoms with Crippen LogP contribution in [0.25, 0.3) is 0 Å². The summed E-state index contributed by atoms with van der Waals surface area (Å²) in [5, 5.41) is 0. The van der Waals surface area contributed by atoms with Crippen LogP contribution >= 0.6 is 0 Å². The van der Waals surface area contributed by atoms with Crippen molar-refractivity contribution in [2.75, 3.05) is 13.1 Å². The zero-order chi connectivity index (χ0) is 15.6. The van der Waals surface area contributed by atoms with Gasteiger partial charge in [-0.3, -0.25) is 4.90 Å². The number of benzene rings is 1. The Hall–Kier alpha value is -0.860. The maximum absolute atomic E-state index is 6.14. The van der Waals surface area contributed by atoms with Crippen LogP contribution in [0.1, 0.15) is 64.1 Å². The van der Waals surface area contributed by atoms with E-state index in [1.54, 1.807) is 0 Å². The lowest BCUT2D eigenvalue weighted by molar-refractivity contribution is 0.0424. The van der Waals surface area contributed by atoms with Crippen LogP contribution in [0.4, 0.5) is 0 Å². The third-order valence-electron chi connectivity index (χ3n) is 5.25. The first-order valence-corrected chi connectivity index (χ1v) is 8.49. The first-order valence-electron chi connectivity index (χ1n) is 8.49. The molecule has 0 amide bonds. The monoisotopic (exact) mass is 288 g/mol. The van der Waals surface area contributed by atoms with Gasteiger partial charge in [0.2, 0.25) is 0 Å². The minimum atomic E-state index is 0.353. The number of rotatable bonds is 4. The van der Waals surface area contributed by atoms with Crippen LogP contribution in [0.3, 0.4) is 0 Å². The SMILES string of the molecule is CC1CC(C)C(C)N(C(CN)c2ccc(C(C)C)cc2)C1. The Morgan fingerprint density at radius 2 is 1.67 bits per heavy atom. The molecule has 21 heavy (non-hydrogen) atoms. The molecule has 2 nitrogen and oxygen atoms in total. The number of piperidine rings is 1. The van der Waals surface area contributed by atoms with Crippen LogP contribution in [0, 0.1) is 11.8 Å². The highest BCUT2D eigenvalue weighted by atomic mass is 15.2. The van der Waals surface area contributed by atoms with E-state index in [1.165, 1.54) is 24.1 Å². The van der Waals surface area contributed by atoms with Gasteiger partial charge in [0.05, 0.1) is 0 Å². The summed E-state index contributed by atoms with van der Waals surface area (Å²) in [6.45, 7) is 13.5. The number of nitrogens with two attached hydrogens (primary N) is 1. The van der Waals surface area contributed by atoms with E-state index < -0.39 is 0 Å². The third-order valence-corrected chi connectivity index (χ3v) is 5.25. The molecule has 0 aliphatic carbocycles. The lowest BCUT2D eigenvalue weighted by Gasteiger charge is -2.45. The van der Waals surface area contributed by atoms with Crippen LogP contribution in [-0.4, -0.2) is 24.0 Å². The average Bonchev–Trinajstić information content (AvgIpc) is 2.45. The zero-order valence-corrected chi connectivity index (χ0v) is 14.3. The molecule has 1 saturated heterocycles. The fourth-order valence-electron chi connectivity index (χ4n) is 3.74. The molecule has 0 spiro atoms. The fourth-order valence-corrected chi connectivity index (χ4v) is 3.74. The summed E-state index contributed by atoms with van der Waals surface area (Å²) < 4.78 is 0. The molecule has 1 fully saturated rings. The molecule has 1 aromatic rings. The van der Waals surface area contributed by atoms with Gasteiger partial charge in [-0.2, -0.15) is 0 Å². The van der Waals surface area contributed by atoms with Crippen molar-refractivity contribution >= 4 is 0 Å². The molecule has 0 bridgehead atoms. The van der Waals surface area contributed by atoms with Gasteiger partial charge >= 0.3 is 0 Å². The van der Waals surface area contributed by atoms with Gasteiger partial charge in [0.15, 0.2) is 0 Å². The predicted octanol–water partition coefficient (Wildman–Crippen LogP) is 4.18. The topological polar surface area (TPSA) is 29.3 Å². The van der Waals surface area contributed by atoms with E-state index in [9.17, 15) is 0 Å². The fraction of sp³-hybridized carbons (Fsp3) is 0.684. The van der Waals surface area contributed by atoms with Gasteiger partial charge < -0.3 is 5.73 Å². The highest BCUT2D eigenvalue weighted by Crippen LogP contribution is 2.33. The highest BCUT2D eigenvalue weighted by Gasteiger charge is 2.33. The van der Waals surface area contributed by atoms with E-state index in [4.69, 9.17) is 5.73 Å². The van der Waals surface area contributed by atoms with Gasteiger partial charge in [0.1, 0.15) is 0 Å². The summed E-state index contributed by atoms with van der Waals surface area (Å²) in [6, 6.07) is 10.1. The molecule has 2 heteroatoms. The van der Waals surface area contributed by atoms with Crippen molar-refractivity contribution in [3.8, 4) is 0 Å². The van der Waals surface area contributed by atoms with E-state index >= 15 is 0 Å². The Bertz CT molecular complexity index is 437. The molecule has 2 N–H and O–H groups in total. The van der Waals surface area contributed by atoms with Crippen molar-refractivity contribution in [2.24, 2.45) is 17.6 Å². The van der Waals surface area contributed by atoms with E-state index in [0.29, 0.717) is 24.5 Å². The molecule has 4 unspecified atom stereocenters. The lowest BCUT2D eigenvalue weighted by Crippen LogP contribution is -2.49. The quantitative estimate of drug-likeness (QED) is 0.900. The zero-order valence-electron chi connectivity index (χ0n) is 14.3. The summed E-state index contributed by atoms with van der Waals surface area (Å²) in [5.74, 6) is 2.10. The maximum atomic E-state index is 6.14. The smallest absolute Gasteiger partial charge is 0.0473 e. The summed E-state index contributed by atoms with van der Waals surface area (Å²) in [6.07, 6.45) is 1.33. The molecule has 0 radical (unpaired) electrons. The second-order valence-electron chi connectivity index (χ2n) is 7.33. The van der Waals surface area contributed by atoms with Crippen molar-refractivity contribution in [2.45, 2.75) is 59.0 Å². The van der Waals surface area contributed by atoms with Gasteiger partial charge in [0, 0.05) is 25.2 Å². The van der Waals surface area contributed by atoms with Crippen molar-refractivity contribution in [1.82, 2.24) is 4.90 Å². The average molecular weight is 288 g/mol. The van der Waals surface area contributed by atoms with Crippen LogP contribution in [0.2, 0.25) is 0 Å². The van der Waals surface area contributed by atoms with Crippen LogP contribution in [-0.2, 0) is 0 Å². The Morgan fingerprint density at radius 1 is 1.10 bits per heavy atom. The first-order chi connectivity index (χ1) is 9.93. The first kappa shape index (κ1) is 16.5. The van der Waals surface area contributed by atoms with E-state index in [0.717, 1.165) is 11.8 Å². The van der Waals surface area contributed by atoms with Gasteiger partial charge in [-0.25, -0.2) is 0 Å². The number of hydrogen-bond donors (Lipinski definition) is 1. The molecule has 118 valence electrons. The van der Waals surface area contributed by atoms with E-state index in [-0.39, 0.29) is 0 Å². The van der Waals surface area contributed by atoms with Gasteiger partial charge in [0.25, 0.3) is 0 Å². The Labute approximate surface area is 130 Å². The molecular weight excluding hydrogens is 256 g/mol. The van der Waals surface area contributed by atoms with Crippen LogP contribution in [0.15, 0.2) is 24.3 Å². The third kappa shape index (κ3) is 3.67. The number of hydrogen-bond acceptors (Lipinski definition) is 2. The minimum absolute atomic E-state index is 0.353. The summed E-state index contributed by atoms with van der Waals surface area (Å²) in [4.78, 5) is 2.63. The van der Waals surface area contributed by atoms with Crippen molar-refractivity contribution in [3.05, 3.63) is 35.4 Å². The normalized spacial score (nSPS) is 28.8. The van der Waals surface area contributed by atoms with Gasteiger partial charge in [-0.05, 0) is 42.2 Å². The number of likely N-dealkylation sites (tertiary alicyclic amines) is 1. The molecule has 0 aromatic heterocycles. The Kier molecular flexibility index (Phi) is 5.45. The van der Waals surface area contributed by atoms with Crippen molar-refractivity contribution in [3.63, 3.8) is 0 Å². The van der Waals surface area contributed by atoms with Crippen molar-refractivity contribution < 1.29 is 0 Å². The minimum Gasteiger partial charge on any atom is -0.329 e. The van der Waals surface area contributed by atoms with Crippen LogP contribution in [0.5, 0.6) is 0 Å². The summed E-state index contributed by atoms with van der Waals surface area (Å²) >= 11 is 0. The molecule has 1 heterocycles. The number of nitrogens with zero attached hydrogens (tertiary/aromatic N) is 1. The Balaban J connectivity index is 2.21. The molecule has 0 saturated carbocycles. The highest BCUT2D eigenvalue weighted by molar-refractivity contribution is 5.27. The maximum Gasteiger partial charge on any atom is 0.0473 e. The second-order valence-corrected chi connectivity index (χ2v) is 7.33. The van der Waals surface area contributed by atoms with Gasteiger partial charge in [-0.1, -0.05) is 52.0 Å². The predicted molar refractivity (Wildman–Crippen MR) is 91.4 cm³/mol. The second kappa shape index (κ2) is 6.93. The van der Waals surface area contributed by atoms with Gasteiger partial charge in [-0.15, -0.1) is 0 Å². The molecule has 4 atom stereocenters. The molecule has 2 rings (SSSR count). The summed E-state index contributed by atoms with van der Waals surface area (Å²) in [7, 11) is 0. The van der Waals surface area contributed by atoms with E-state index in [2.05, 4.69) is 63.8 Å². The standard InChI is InChI=1S/C19H32N2/c1-13(2)17-6-8-18(9-7-17)19(11-20)21-12-14(3)10-15(4)16(21)5/h6-9,13-16,19H,10-12,20H2,1-5H3. The van der Waals surface area contributed by atoms with E-state index in [1.807, 2.05) is 0 Å². The lowest BCUT2D eigenvalue weighted by atomic mass is 9.84.